The number of halogens is 3. The highest BCUT2D eigenvalue weighted by molar-refractivity contribution is 6.36. The monoisotopic (exact) mass is 336 g/mol. The Morgan fingerprint density at radius 1 is 0.714 bits per heavy atom. The van der Waals surface area contributed by atoms with Crippen molar-refractivity contribution in [1.29, 1.82) is 0 Å². The Kier molecular flexibility index (Phi) is 4.10. The summed E-state index contributed by atoms with van der Waals surface area (Å²) in [5, 5.41) is 14.1. The molecule has 1 unspecified atom stereocenters. The van der Waals surface area contributed by atoms with Crippen LogP contribution in [0.2, 0.25) is 15.1 Å². The maximum absolute atomic E-state index is 10.7. The van der Waals surface area contributed by atoms with Crippen LogP contribution in [0.5, 0.6) is 0 Å². The van der Waals surface area contributed by atoms with Crippen LogP contribution < -0.4 is 0 Å². The van der Waals surface area contributed by atoms with Crippen LogP contribution >= 0.6 is 34.8 Å². The molecule has 4 heteroatoms. The zero-order chi connectivity index (χ0) is 15.0. The molecule has 0 fully saturated rings. The van der Waals surface area contributed by atoms with Gasteiger partial charge < -0.3 is 5.11 Å². The maximum atomic E-state index is 10.7. The third kappa shape index (κ3) is 2.75. The standard InChI is InChI=1S/C17H11Cl3O/c18-10-5-6-14(16(20)9-10)17(21)13-7-8-15(19)12-4-2-1-3-11(12)13/h1-9,17,21H. The second-order valence-corrected chi connectivity index (χ2v) is 6.00. The van der Waals surface area contributed by atoms with Gasteiger partial charge >= 0.3 is 0 Å². The summed E-state index contributed by atoms with van der Waals surface area (Å²) in [6.07, 6.45) is -0.836. The van der Waals surface area contributed by atoms with Gasteiger partial charge in [0, 0.05) is 26.0 Å². The number of hydrogen-bond acceptors (Lipinski definition) is 1. The van der Waals surface area contributed by atoms with Gasteiger partial charge in [0.05, 0.1) is 0 Å². The van der Waals surface area contributed by atoms with Gasteiger partial charge in [-0.3, -0.25) is 0 Å². The van der Waals surface area contributed by atoms with Crippen LogP contribution in [0.15, 0.2) is 54.6 Å². The lowest BCUT2D eigenvalue weighted by Gasteiger charge is -2.16. The van der Waals surface area contributed by atoms with Crippen LogP contribution in [0.1, 0.15) is 17.2 Å². The summed E-state index contributed by atoms with van der Waals surface area (Å²) in [5.74, 6) is 0. The second kappa shape index (κ2) is 5.86. The second-order valence-electron chi connectivity index (χ2n) is 4.75. The zero-order valence-electron chi connectivity index (χ0n) is 10.9. The van der Waals surface area contributed by atoms with Crippen LogP contribution in [0.4, 0.5) is 0 Å². The highest BCUT2D eigenvalue weighted by atomic mass is 35.5. The van der Waals surface area contributed by atoms with E-state index >= 15 is 0 Å². The number of rotatable bonds is 2. The summed E-state index contributed by atoms with van der Waals surface area (Å²) < 4.78 is 0. The van der Waals surface area contributed by atoms with E-state index in [0.29, 0.717) is 20.6 Å². The van der Waals surface area contributed by atoms with Gasteiger partial charge in [-0.2, -0.15) is 0 Å². The molecule has 106 valence electrons. The Morgan fingerprint density at radius 2 is 1.38 bits per heavy atom. The summed E-state index contributed by atoms with van der Waals surface area (Å²) in [6.45, 7) is 0. The molecule has 0 aromatic heterocycles. The van der Waals surface area contributed by atoms with Crippen molar-refractivity contribution < 1.29 is 5.11 Å². The minimum absolute atomic E-state index is 0.439. The molecule has 3 rings (SSSR count). The molecule has 0 aliphatic heterocycles. The molecule has 0 aliphatic rings. The molecule has 3 aromatic carbocycles. The average molecular weight is 338 g/mol. The van der Waals surface area contributed by atoms with Crippen LogP contribution in [0, 0.1) is 0 Å². The van der Waals surface area contributed by atoms with Crippen molar-refractivity contribution in [2.75, 3.05) is 0 Å². The molecule has 0 spiro atoms. The first kappa shape index (κ1) is 14.7. The van der Waals surface area contributed by atoms with Gasteiger partial charge in [-0.1, -0.05) is 71.2 Å². The molecule has 0 amide bonds. The van der Waals surface area contributed by atoms with Gasteiger partial charge in [-0.15, -0.1) is 0 Å². The normalized spacial score (nSPS) is 12.6. The average Bonchev–Trinajstić information content (AvgIpc) is 2.47. The molecule has 1 N–H and O–H groups in total. The maximum Gasteiger partial charge on any atom is 0.106 e. The lowest BCUT2D eigenvalue weighted by atomic mass is 9.96. The Labute approximate surface area is 137 Å². The fourth-order valence-corrected chi connectivity index (χ4v) is 3.15. The van der Waals surface area contributed by atoms with E-state index in [1.165, 1.54) is 0 Å². The van der Waals surface area contributed by atoms with Gasteiger partial charge in [0.1, 0.15) is 6.10 Å². The fourth-order valence-electron chi connectivity index (χ4n) is 2.41. The van der Waals surface area contributed by atoms with E-state index in [-0.39, 0.29) is 0 Å². The summed E-state index contributed by atoms with van der Waals surface area (Å²) >= 11 is 18.3. The van der Waals surface area contributed by atoms with E-state index in [2.05, 4.69) is 0 Å². The molecule has 0 saturated carbocycles. The molecule has 0 saturated heterocycles. The molecular formula is C17H11Cl3O. The fraction of sp³-hybridized carbons (Fsp3) is 0.0588. The zero-order valence-corrected chi connectivity index (χ0v) is 13.1. The van der Waals surface area contributed by atoms with Gasteiger partial charge in [-0.05, 0) is 29.1 Å². The summed E-state index contributed by atoms with van der Waals surface area (Å²) in [5.41, 5.74) is 1.38. The van der Waals surface area contributed by atoms with Crippen molar-refractivity contribution in [2.24, 2.45) is 0 Å². The van der Waals surface area contributed by atoms with Gasteiger partial charge in [0.2, 0.25) is 0 Å². The van der Waals surface area contributed by atoms with Crippen molar-refractivity contribution in [2.45, 2.75) is 6.10 Å². The Bertz CT molecular complexity index is 814. The number of aliphatic hydroxyl groups excluding tert-OH is 1. The lowest BCUT2D eigenvalue weighted by Crippen LogP contribution is -2.01. The van der Waals surface area contributed by atoms with Gasteiger partial charge in [0.25, 0.3) is 0 Å². The van der Waals surface area contributed by atoms with E-state index in [9.17, 15) is 5.11 Å². The highest BCUT2D eigenvalue weighted by Crippen LogP contribution is 2.35. The Morgan fingerprint density at radius 3 is 2.10 bits per heavy atom. The molecule has 0 radical (unpaired) electrons. The third-order valence-electron chi connectivity index (χ3n) is 3.46. The first-order valence-electron chi connectivity index (χ1n) is 6.38. The summed E-state index contributed by atoms with van der Waals surface area (Å²) in [6, 6.07) is 16.4. The first-order valence-corrected chi connectivity index (χ1v) is 7.51. The molecule has 1 atom stereocenters. The number of fused-ring (bicyclic) bond motifs is 1. The van der Waals surface area contributed by atoms with Crippen molar-refractivity contribution in [1.82, 2.24) is 0 Å². The van der Waals surface area contributed by atoms with Crippen molar-refractivity contribution in [3.63, 3.8) is 0 Å². The largest absolute Gasteiger partial charge is 0.384 e. The van der Waals surface area contributed by atoms with Crippen molar-refractivity contribution in [3.8, 4) is 0 Å². The minimum atomic E-state index is -0.836. The molecule has 0 bridgehead atoms. The SMILES string of the molecule is OC(c1ccc(Cl)cc1Cl)c1ccc(Cl)c2ccccc12. The van der Waals surface area contributed by atoms with E-state index in [0.717, 1.165) is 16.3 Å². The first-order chi connectivity index (χ1) is 10.1. The molecular weight excluding hydrogens is 327 g/mol. The third-order valence-corrected chi connectivity index (χ3v) is 4.35. The van der Waals surface area contributed by atoms with E-state index < -0.39 is 6.10 Å². The van der Waals surface area contributed by atoms with Crippen molar-refractivity contribution in [3.05, 3.63) is 80.8 Å². The minimum Gasteiger partial charge on any atom is -0.384 e. The van der Waals surface area contributed by atoms with Crippen LogP contribution in [-0.2, 0) is 0 Å². The molecule has 0 aliphatic carbocycles. The van der Waals surface area contributed by atoms with E-state index in [1.54, 1.807) is 24.3 Å². The molecule has 0 heterocycles. The molecule has 21 heavy (non-hydrogen) atoms. The van der Waals surface area contributed by atoms with E-state index in [4.69, 9.17) is 34.8 Å². The topological polar surface area (TPSA) is 20.2 Å². The van der Waals surface area contributed by atoms with Gasteiger partial charge in [0.15, 0.2) is 0 Å². The van der Waals surface area contributed by atoms with Gasteiger partial charge in [-0.25, -0.2) is 0 Å². The van der Waals surface area contributed by atoms with Crippen molar-refractivity contribution >= 4 is 45.6 Å². The summed E-state index contributed by atoms with van der Waals surface area (Å²) in [7, 11) is 0. The predicted molar refractivity (Wildman–Crippen MR) is 89.5 cm³/mol. The predicted octanol–water partition coefficient (Wildman–Crippen LogP) is 5.88. The quantitative estimate of drug-likeness (QED) is 0.619. The lowest BCUT2D eigenvalue weighted by molar-refractivity contribution is 0.222. The molecule has 3 aromatic rings. The number of aliphatic hydroxyl groups is 1. The van der Waals surface area contributed by atoms with Crippen LogP contribution in [0.25, 0.3) is 10.8 Å². The Balaban J connectivity index is 2.18. The Hall–Kier alpha value is -1.25. The smallest absolute Gasteiger partial charge is 0.106 e. The number of benzene rings is 3. The highest BCUT2D eigenvalue weighted by Gasteiger charge is 2.17. The molecule has 1 nitrogen and oxygen atoms in total. The number of hydrogen-bond donors (Lipinski definition) is 1. The van der Waals surface area contributed by atoms with Crippen LogP contribution in [0.3, 0.4) is 0 Å². The van der Waals surface area contributed by atoms with E-state index in [1.807, 2.05) is 30.3 Å². The van der Waals surface area contributed by atoms with Crippen LogP contribution in [-0.4, -0.2) is 5.11 Å². The summed E-state index contributed by atoms with van der Waals surface area (Å²) in [4.78, 5) is 0.